The first-order valence-electron chi connectivity index (χ1n) is 4.87. The quantitative estimate of drug-likeness (QED) is 0.735. The van der Waals surface area contributed by atoms with Gasteiger partial charge in [0.15, 0.2) is 0 Å². The number of aryl methyl sites for hydroxylation is 1. The van der Waals surface area contributed by atoms with Gasteiger partial charge in [0.2, 0.25) is 0 Å². The first-order chi connectivity index (χ1) is 7.72. The van der Waals surface area contributed by atoms with Crippen LogP contribution in [0.3, 0.4) is 0 Å². The molecule has 0 aliphatic carbocycles. The van der Waals surface area contributed by atoms with Crippen molar-refractivity contribution in [3.05, 3.63) is 45.3 Å². The zero-order valence-electron chi connectivity index (χ0n) is 8.75. The lowest BCUT2D eigenvalue weighted by molar-refractivity contribution is 0.573. The highest BCUT2D eigenvalue weighted by molar-refractivity contribution is 4.90. The van der Waals surface area contributed by atoms with Gasteiger partial charge in [0.1, 0.15) is 12.2 Å². The lowest BCUT2D eigenvalue weighted by Gasteiger charge is -2.04. The average molecular weight is 221 g/mol. The van der Waals surface area contributed by atoms with E-state index in [1.54, 1.807) is 4.68 Å². The van der Waals surface area contributed by atoms with Crippen LogP contribution in [0.1, 0.15) is 12.7 Å². The van der Waals surface area contributed by atoms with Gasteiger partial charge < -0.3 is 4.98 Å². The lowest BCUT2D eigenvalue weighted by atomic mass is 10.5. The van der Waals surface area contributed by atoms with Crippen LogP contribution in [0.4, 0.5) is 0 Å². The maximum atomic E-state index is 11.5. The van der Waals surface area contributed by atoms with E-state index in [1.165, 1.54) is 18.6 Å². The zero-order valence-corrected chi connectivity index (χ0v) is 8.75. The van der Waals surface area contributed by atoms with E-state index >= 15 is 0 Å². The van der Waals surface area contributed by atoms with Crippen LogP contribution < -0.4 is 11.2 Å². The minimum Gasteiger partial charge on any atom is -0.314 e. The molecule has 0 radical (unpaired) electrons. The second-order valence-corrected chi connectivity index (χ2v) is 3.20. The second-order valence-electron chi connectivity index (χ2n) is 3.20. The number of aromatic amines is 1. The van der Waals surface area contributed by atoms with Crippen LogP contribution in [0.2, 0.25) is 0 Å². The molecule has 2 aromatic heterocycles. The summed E-state index contributed by atoms with van der Waals surface area (Å²) in [6.45, 7) is 2.69. The van der Waals surface area contributed by atoms with E-state index in [9.17, 15) is 9.59 Å². The van der Waals surface area contributed by atoms with Gasteiger partial charge in [0.25, 0.3) is 5.56 Å². The second kappa shape index (κ2) is 4.13. The average Bonchev–Trinajstić information content (AvgIpc) is 2.71. The van der Waals surface area contributed by atoms with Crippen molar-refractivity contribution < 1.29 is 0 Å². The molecule has 0 unspecified atom stereocenters. The van der Waals surface area contributed by atoms with Crippen LogP contribution >= 0.6 is 0 Å². The SMILES string of the molecule is CCn1ncnc1Cn1c(=O)cc[nH]c1=O. The van der Waals surface area contributed by atoms with Gasteiger partial charge in [0, 0.05) is 18.8 Å². The number of hydrogen-bond acceptors (Lipinski definition) is 4. The number of aromatic nitrogens is 5. The number of nitrogens with zero attached hydrogens (tertiary/aromatic N) is 4. The van der Waals surface area contributed by atoms with Crippen molar-refractivity contribution in [2.24, 2.45) is 0 Å². The first-order valence-corrected chi connectivity index (χ1v) is 4.87. The fourth-order valence-electron chi connectivity index (χ4n) is 1.42. The predicted octanol–water partition coefficient (Wildman–Crippen LogP) is -0.804. The maximum Gasteiger partial charge on any atom is 0.328 e. The van der Waals surface area contributed by atoms with Gasteiger partial charge in [-0.25, -0.2) is 14.5 Å². The van der Waals surface area contributed by atoms with E-state index in [-0.39, 0.29) is 12.1 Å². The molecule has 0 aliphatic rings. The zero-order chi connectivity index (χ0) is 11.5. The third-order valence-electron chi connectivity index (χ3n) is 2.24. The van der Waals surface area contributed by atoms with Crippen molar-refractivity contribution in [3.63, 3.8) is 0 Å². The van der Waals surface area contributed by atoms with E-state index in [1.807, 2.05) is 6.92 Å². The van der Waals surface area contributed by atoms with Gasteiger partial charge in [0.05, 0.1) is 6.54 Å². The fourth-order valence-corrected chi connectivity index (χ4v) is 1.42. The van der Waals surface area contributed by atoms with E-state index in [4.69, 9.17) is 0 Å². The molecule has 7 nitrogen and oxygen atoms in total. The van der Waals surface area contributed by atoms with E-state index < -0.39 is 5.69 Å². The summed E-state index contributed by atoms with van der Waals surface area (Å²) in [6, 6.07) is 1.30. The van der Waals surface area contributed by atoms with E-state index in [0.29, 0.717) is 12.4 Å². The molecular formula is C9H11N5O2. The molecule has 2 heterocycles. The Morgan fingerprint density at radius 2 is 2.25 bits per heavy atom. The van der Waals surface area contributed by atoms with Gasteiger partial charge in [-0.05, 0) is 6.92 Å². The normalized spacial score (nSPS) is 10.6. The summed E-state index contributed by atoms with van der Waals surface area (Å²) in [5.41, 5.74) is -0.799. The van der Waals surface area contributed by atoms with Crippen LogP contribution in [0.5, 0.6) is 0 Å². The van der Waals surface area contributed by atoms with E-state index in [2.05, 4.69) is 15.1 Å². The summed E-state index contributed by atoms with van der Waals surface area (Å²) in [5, 5.41) is 3.97. The molecule has 7 heteroatoms. The number of rotatable bonds is 3. The number of nitrogens with one attached hydrogen (secondary N) is 1. The van der Waals surface area contributed by atoms with Gasteiger partial charge >= 0.3 is 5.69 Å². The largest absolute Gasteiger partial charge is 0.328 e. The summed E-state index contributed by atoms with van der Waals surface area (Å²) < 4.78 is 2.72. The Kier molecular flexibility index (Phi) is 2.67. The molecule has 0 atom stereocenters. The van der Waals surface area contributed by atoms with Crippen molar-refractivity contribution in [2.75, 3.05) is 0 Å². The molecule has 0 bridgehead atoms. The van der Waals surface area contributed by atoms with Crippen LogP contribution in [0.15, 0.2) is 28.2 Å². The molecule has 0 spiro atoms. The molecule has 0 aromatic carbocycles. The molecule has 16 heavy (non-hydrogen) atoms. The minimum absolute atomic E-state index is 0.128. The van der Waals surface area contributed by atoms with Crippen molar-refractivity contribution in [3.8, 4) is 0 Å². The summed E-state index contributed by atoms with van der Waals surface area (Å²) in [5.74, 6) is 0.585. The summed E-state index contributed by atoms with van der Waals surface area (Å²) >= 11 is 0. The highest BCUT2D eigenvalue weighted by Gasteiger charge is 2.06. The maximum absolute atomic E-state index is 11.5. The minimum atomic E-state index is -0.446. The molecule has 84 valence electrons. The standard InChI is InChI=1S/C9H11N5O2/c1-2-14-7(11-6-12-14)5-13-8(15)3-4-10-9(13)16/h3-4,6H,2,5H2,1H3,(H,10,16). The molecule has 0 fully saturated rings. The van der Waals surface area contributed by atoms with Crippen molar-refractivity contribution in [1.29, 1.82) is 0 Å². The van der Waals surface area contributed by atoms with Crippen LogP contribution in [0.25, 0.3) is 0 Å². The van der Waals surface area contributed by atoms with Gasteiger partial charge in [-0.15, -0.1) is 0 Å². The number of hydrogen-bond donors (Lipinski definition) is 1. The summed E-state index contributed by atoms with van der Waals surface area (Å²) in [6.07, 6.45) is 2.73. The third-order valence-corrected chi connectivity index (χ3v) is 2.24. The Morgan fingerprint density at radius 1 is 1.44 bits per heavy atom. The van der Waals surface area contributed by atoms with Crippen molar-refractivity contribution >= 4 is 0 Å². The Labute approximate surface area is 90.4 Å². The van der Waals surface area contributed by atoms with E-state index in [0.717, 1.165) is 4.57 Å². The summed E-state index contributed by atoms with van der Waals surface area (Å²) in [4.78, 5) is 29.3. The Morgan fingerprint density at radius 3 is 2.94 bits per heavy atom. The Hall–Kier alpha value is -2.18. The monoisotopic (exact) mass is 221 g/mol. The van der Waals surface area contributed by atoms with Gasteiger partial charge in [-0.1, -0.05) is 0 Å². The van der Waals surface area contributed by atoms with Crippen LogP contribution in [0, 0.1) is 0 Å². The smallest absolute Gasteiger partial charge is 0.314 e. The molecular weight excluding hydrogens is 210 g/mol. The molecule has 0 aliphatic heterocycles. The lowest BCUT2D eigenvalue weighted by Crippen LogP contribution is -2.35. The molecule has 1 N–H and O–H groups in total. The summed E-state index contributed by atoms with van der Waals surface area (Å²) in [7, 11) is 0. The van der Waals surface area contributed by atoms with Gasteiger partial charge in [-0.2, -0.15) is 5.10 Å². The topological polar surface area (TPSA) is 85.6 Å². The highest BCUT2D eigenvalue weighted by Crippen LogP contribution is 1.94. The van der Waals surface area contributed by atoms with Crippen molar-refractivity contribution in [2.45, 2.75) is 20.0 Å². The molecule has 0 amide bonds. The molecule has 0 saturated heterocycles. The first kappa shape index (κ1) is 10.3. The molecule has 0 saturated carbocycles. The number of H-pyrrole nitrogens is 1. The molecule has 2 aromatic rings. The predicted molar refractivity (Wildman–Crippen MR) is 56.1 cm³/mol. The highest BCUT2D eigenvalue weighted by atomic mass is 16.2. The Bertz CT molecular complexity index is 566. The fraction of sp³-hybridized carbons (Fsp3) is 0.333. The molecule has 2 rings (SSSR count). The third kappa shape index (κ3) is 1.79. The van der Waals surface area contributed by atoms with Crippen LogP contribution in [-0.4, -0.2) is 24.3 Å². The van der Waals surface area contributed by atoms with Crippen molar-refractivity contribution in [1.82, 2.24) is 24.3 Å². The van der Waals surface area contributed by atoms with Crippen LogP contribution in [-0.2, 0) is 13.1 Å². The Balaban J connectivity index is 2.42. The van der Waals surface area contributed by atoms with Gasteiger partial charge in [-0.3, -0.25) is 9.36 Å².